The first kappa shape index (κ1) is 15.1. The van der Waals surface area contributed by atoms with Crippen molar-refractivity contribution in [2.45, 2.75) is 24.6 Å². The molecule has 0 atom stereocenters. The highest BCUT2D eigenvalue weighted by molar-refractivity contribution is 5.95. The Labute approximate surface area is 119 Å². The van der Waals surface area contributed by atoms with Crippen molar-refractivity contribution in [1.82, 2.24) is 5.32 Å². The zero-order valence-corrected chi connectivity index (χ0v) is 11.2. The van der Waals surface area contributed by atoms with Gasteiger partial charge in [0.15, 0.2) is 0 Å². The number of hydrogen-bond donors (Lipinski definition) is 1. The van der Waals surface area contributed by atoms with Crippen molar-refractivity contribution in [2.75, 3.05) is 13.1 Å². The molecule has 2 aliphatic rings. The highest BCUT2D eigenvalue weighted by atomic mass is 35.5. The van der Waals surface area contributed by atoms with Crippen LogP contribution in [0.1, 0.15) is 34.3 Å². The van der Waals surface area contributed by atoms with Gasteiger partial charge in [-0.2, -0.15) is 13.2 Å². The van der Waals surface area contributed by atoms with Crippen molar-refractivity contribution in [3.8, 4) is 0 Å². The lowest BCUT2D eigenvalue weighted by Crippen LogP contribution is -2.39. The number of rotatable bonds is 0. The van der Waals surface area contributed by atoms with Gasteiger partial charge in [0.1, 0.15) is 5.60 Å². The van der Waals surface area contributed by atoms with Gasteiger partial charge in [-0.25, -0.2) is 4.79 Å². The molecule has 0 unspecified atom stereocenters. The maximum absolute atomic E-state index is 12.7. The summed E-state index contributed by atoms with van der Waals surface area (Å²) in [6.45, 7) is 1.38. The molecule has 3 rings (SSSR count). The average Bonchev–Trinajstić information content (AvgIpc) is 2.62. The van der Waals surface area contributed by atoms with Crippen molar-refractivity contribution in [3.63, 3.8) is 0 Å². The lowest BCUT2D eigenvalue weighted by molar-refractivity contribution is -0.137. The monoisotopic (exact) mass is 307 g/mol. The third-order valence-electron chi connectivity index (χ3n) is 3.76. The molecule has 1 aromatic carbocycles. The van der Waals surface area contributed by atoms with Gasteiger partial charge in [-0.05, 0) is 25.2 Å². The first-order valence-electron chi connectivity index (χ1n) is 6.08. The Morgan fingerprint density at radius 2 is 1.85 bits per heavy atom. The van der Waals surface area contributed by atoms with E-state index < -0.39 is 23.3 Å². The molecule has 3 nitrogen and oxygen atoms in total. The van der Waals surface area contributed by atoms with Crippen molar-refractivity contribution < 1.29 is 22.7 Å². The SMILES string of the molecule is Cl.O=C1OC2(CCNCC2)c2ccc(C(F)(F)F)cc21. The Morgan fingerprint density at radius 3 is 2.45 bits per heavy atom. The van der Waals surface area contributed by atoms with E-state index in [1.165, 1.54) is 6.07 Å². The van der Waals surface area contributed by atoms with E-state index in [1.54, 1.807) is 0 Å². The molecular formula is C13H13ClF3NO2. The second-order valence-electron chi connectivity index (χ2n) is 4.89. The summed E-state index contributed by atoms with van der Waals surface area (Å²) in [5.41, 5.74) is -0.903. The van der Waals surface area contributed by atoms with E-state index in [0.29, 0.717) is 31.5 Å². The van der Waals surface area contributed by atoms with Gasteiger partial charge in [0.2, 0.25) is 0 Å². The molecule has 0 amide bonds. The van der Waals surface area contributed by atoms with E-state index in [-0.39, 0.29) is 18.0 Å². The van der Waals surface area contributed by atoms with Gasteiger partial charge in [-0.15, -0.1) is 12.4 Å². The lowest BCUT2D eigenvalue weighted by Gasteiger charge is -2.33. The molecule has 0 aliphatic carbocycles. The number of carbonyl (C=O) groups excluding carboxylic acids is 1. The molecule has 7 heteroatoms. The molecule has 1 N–H and O–H groups in total. The van der Waals surface area contributed by atoms with E-state index >= 15 is 0 Å². The Hall–Kier alpha value is -1.27. The van der Waals surface area contributed by atoms with Crippen LogP contribution in [0.15, 0.2) is 18.2 Å². The molecule has 1 spiro atoms. The molecule has 1 saturated heterocycles. The van der Waals surface area contributed by atoms with Crippen LogP contribution < -0.4 is 5.32 Å². The van der Waals surface area contributed by atoms with Crippen LogP contribution in [0.5, 0.6) is 0 Å². The van der Waals surface area contributed by atoms with Crippen molar-refractivity contribution in [2.24, 2.45) is 0 Å². The molecule has 20 heavy (non-hydrogen) atoms. The molecule has 0 saturated carbocycles. The van der Waals surface area contributed by atoms with E-state index in [1.807, 2.05) is 0 Å². The number of benzene rings is 1. The summed E-state index contributed by atoms with van der Waals surface area (Å²) in [6, 6.07) is 3.30. The maximum Gasteiger partial charge on any atom is 0.416 e. The third-order valence-corrected chi connectivity index (χ3v) is 3.76. The van der Waals surface area contributed by atoms with Crippen molar-refractivity contribution >= 4 is 18.4 Å². The summed E-state index contributed by atoms with van der Waals surface area (Å²) < 4.78 is 43.3. The summed E-state index contributed by atoms with van der Waals surface area (Å²) in [5, 5.41) is 3.15. The first-order chi connectivity index (χ1) is 8.92. The Balaban J connectivity index is 0.00000147. The van der Waals surface area contributed by atoms with Gasteiger partial charge in [0.25, 0.3) is 0 Å². The smallest absolute Gasteiger partial charge is 0.416 e. The van der Waals surface area contributed by atoms with E-state index in [2.05, 4.69) is 5.32 Å². The Morgan fingerprint density at radius 1 is 1.20 bits per heavy atom. The number of alkyl halides is 3. The van der Waals surface area contributed by atoms with Gasteiger partial charge >= 0.3 is 12.1 Å². The number of piperidine rings is 1. The zero-order valence-electron chi connectivity index (χ0n) is 10.4. The molecule has 1 fully saturated rings. The molecule has 0 aromatic heterocycles. The predicted molar refractivity (Wildman–Crippen MR) is 67.9 cm³/mol. The second-order valence-corrected chi connectivity index (χ2v) is 4.89. The number of carbonyl (C=O) groups is 1. The van der Waals surface area contributed by atoms with Gasteiger partial charge in [0.05, 0.1) is 11.1 Å². The van der Waals surface area contributed by atoms with E-state index in [0.717, 1.165) is 12.1 Å². The summed E-state index contributed by atoms with van der Waals surface area (Å²) >= 11 is 0. The molecule has 0 bridgehead atoms. The van der Waals surface area contributed by atoms with Crippen LogP contribution in [0.2, 0.25) is 0 Å². The number of fused-ring (bicyclic) bond motifs is 2. The average molecular weight is 308 g/mol. The first-order valence-corrected chi connectivity index (χ1v) is 6.08. The summed E-state index contributed by atoms with van der Waals surface area (Å²) in [6.07, 6.45) is -3.26. The lowest BCUT2D eigenvalue weighted by atomic mass is 9.84. The maximum atomic E-state index is 12.7. The third kappa shape index (κ3) is 2.27. The normalized spacial score (nSPS) is 20.2. The van der Waals surface area contributed by atoms with E-state index in [9.17, 15) is 18.0 Å². The number of hydrogen-bond acceptors (Lipinski definition) is 3. The minimum absolute atomic E-state index is 0. The zero-order chi connectivity index (χ0) is 13.7. The van der Waals surface area contributed by atoms with Crippen molar-refractivity contribution in [1.29, 1.82) is 0 Å². The molecule has 2 aliphatic heterocycles. The van der Waals surface area contributed by atoms with Gasteiger partial charge in [-0.3, -0.25) is 0 Å². The largest absolute Gasteiger partial charge is 0.450 e. The van der Waals surface area contributed by atoms with Crippen LogP contribution in [-0.4, -0.2) is 19.1 Å². The second kappa shape index (κ2) is 4.93. The van der Waals surface area contributed by atoms with Crippen LogP contribution in [-0.2, 0) is 16.5 Å². The van der Waals surface area contributed by atoms with Crippen LogP contribution in [0.3, 0.4) is 0 Å². The summed E-state index contributed by atoms with van der Waals surface area (Å²) in [5.74, 6) is -0.650. The number of halogens is 4. The Bertz CT molecular complexity index is 539. The van der Waals surface area contributed by atoms with Gasteiger partial charge < -0.3 is 10.1 Å². The minimum Gasteiger partial charge on any atom is -0.450 e. The fraction of sp³-hybridized carbons (Fsp3) is 0.462. The predicted octanol–water partition coefficient (Wildman–Crippen LogP) is 2.88. The number of esters is 1. The highest BCUT2D eigenvalue weighted by Gasteiger charge is 2.47. The molecule has 1 aromatic rings. The molecule has 0 radical (unpaired) electrons. The van der Waals surface area contributed by atoms with E-state index in [4.69, 9.17) is 4.74 Å². The topological polar surface area (TPSA) is 38.3 Å². The Kier molecular flexibility index (Phi) is 3.73. The van der Waals surface area contributed by atoms with Gasteiger partial charge in [-0.1, -0.05) is 6.07 Å². The number of ether oxygens (including phenoxy) is 1. The minimum atomic E-state index is -4.45. The van der Waals surface area contributed by atoms with Gasteiger partial charge in [0, 0.05) is 18.4 Å². The molecular weight excluding hydrogens is 295 g/mol. The molecule has 2 heterocycles. The summed E-state index contributed by atoms with van der Waals surface area (Å²) in [7, 11) is 0. The molecule has 110 valence electrons. The van der Waals surface area contributed by atoms with Crippen LogP contribution in [0.4, 0.5) is 13.2 Å². The highest BCUT2D eigenvalue weighted by Crippen LogP contribution is 2.44. The standard InChI is InChI=1S/C13H12F3NO2.ClH/c14-13(15,16)8-1-2-10-9(7-8)11(18)19-12(10)3-5-17-6-4-12;/h1-2,7,17H,3-6H2;1H. The fourth-order valence-electron chi connectivity index (χ4n) is 2.78. The van der Waals surface area contributed by atoms with Crippen molar-refractivity contribution in [3.05, 3.63) is 34.9 Å². The van der Waals surface area contributed by atoms with Crippen LogP contribution >= 0.6 is 12.4 Å². The number of nitrogens with one attached hydrogen (secondary N) is 1. The fourth-order valence-corrected chi connectivity index (χ4v) is 2.78. The van der Waals surface area contributed by atoms with Crippen LogP contribution in [0.25, 0.3) is 0 Å². The van der Waals surface area contributed by atoms with Crippen LogP contribution in [0, 0.1) is 0 Å². The quantitative estimate of drug-likeness (QED) is 0.749. The summed E-state index contributed by atoms with van der Waals surface area (Å²) in [4.78, 5) is 11.8.